The third-order valence-corrected chi connectivity index (χ3v) is 4.23. The number of carboxylic acids is 1. The SMILES string of the molecule is O=C(CCc1ccc(C(=O)O)cc1)Nc1ccc(NC(=O)C2CC2)cc1. The molecule has 0 radical (unpaired) electrons. The fourth-order valence-electron chi connectivity index (χ4n) is 2.52. The van der Waals surface area contributed by atoms with Gasteiger partial charge in [-0.1, -0.05) is 12.1 Å². The Hall–Kier alpha value is -3.15. The molecule has 0 saturated heterocycles. The highest BCUT2D eigenvalue weighted by atomic mass is 16.4. The van der Waals surface area contributed by atoms with E-state index >= 15 is 0 Å². The average molecular weight is 352 g/mol. The van der Waals surface area contributed by atoms with Crippen molar-refractivity contribution in [1.82, 2.24) is 0 Å². The molecule has 1 aliphatic rings. The molecule has 0 atom stereocenters. The molecule has 6 nitrogen and oxygen atoms in total. The van der Waals surface area contributed by atoms with Crippen molar-refractivity contribution in [2.75, 3.05) is 10.6 Å². The van der Waals surface area contributed by atoms with Crippen LogP contribution in [0, 0.1) is 5.92 Å². The van der Waals surface area contributed by atoms with E-state index in [1.54, 1.807) is 36.4 Å². The summed E-state index contributed by atoms with van der Waals surface area (Å²) >= 11 is 0. The van der Waals surface area contributed by atoms with Gasteiger partial charge in [-0.2, -0.15) is 0 Å². The van der Waals surface area contributed by atoms with E-state index in [1.165, 1.54) is 12.1 Å². The van der Waals surface area contributed by atoms with Crippen molar-refractivity contribution in [3.05, 3.63) is 59.7 Å². The maximum atomic E-state index is 12.0. The van der Waals surface area contributed by atoms with E-state index in [-0.39, 0.29) is 23.3 Å². The average Bonchev–Trinajstić information content (AvgIpc) is 3.47. The van der Waals surface area contributed by atoms with Gasteiger partial charge in [0.25, 0.3) is 0 Å². The molecule has 3 N–H and O–H groups in total. The molecule has 134 valence electrons. The summed E-state index contributed by atoms with van der Waals surface area (Å²) in [6.07, 6.45) is 2.74. The number of anilines is 2. The van der Waals surface area contributed by atoms with Gasteiger partial charge in [0, 0.05) is 23.7 Å². The van der Waals surface area contributed by atoms with Gasteiger partial charge in [0.15, 0.2) is 0 Å². The molecule has 2 aromatic rings. The van der Waals surface area contributed by atoms with Crippen LogP contribution in [-0.2, 0) is 16.0 Å². The van der Waals surface area contributed by atoms with Gasteiger partial charge >= 0.3 is 5.97 Å². The number of carboxylic acid groups (broad SMARTS) is 1. The van der Waals surface area contributed by atoms with Gasteiger partial charge in [0.05, 0.1) is 5.56 Å². The molecule has 1 fully saturated rings. The zero-order valence-electron chi connectivity index (χ0n) is 14.2. The normalized spacial score (nSPS) is 13.1. The van der Waals surface area contributed by atoms with Crippen LogP contribution in [-0.4, -0.2) is 22.9 Å². The molecule has 0 spiro atoms. The second kappa shape index (κ2) is 7.82. The first-order chi connectivity index (χ1) is 12.5. The van der Waals surface area contributed by atoms with E-state index < -0.39 is 5.97 Å². The molecule has 3 rings (SSSR count). The molecular formula is C20H20N2O4. The molecule has 0 heterocycles. The van der Waals surface area contributed by atoms with Gasteiger partial charge in [-0.3, -0.25) is 9.59 Å². The number of carbonyl (C=O) groups excluding carboxylic acids is 2. The van der Waals surface area contributed by atoms with Crippen molar-refractivity contribution in [3.8, 4) is 0 Å². The number of aryl methyl sites for hydroxylation is 1. The van der Waals surface area contributed by atoms with Gasteiger partial charge < -0.3 is 15.7 Å². The molecule has 0 aliphatic heterocycles. The smallest absolute Gasteiger partial charge is 0.335 e. The van der Waals surface area contributed by atoms with Gasteiger partial charge in [-0.15, -0.1) is 0 Å². The number of aromatic carboxylic acids is 1. The minimum atomic E-state index is -0.967. The summed E-state index contributed by atoms with van der Waals surface area (Å²) in [6, 6.07) is 13.5. The van der Waals surface area contributed by atoms with Crippen LogP contribution in [0.2, 0.25) is 0 Å². The Kier molecular flexibility index (Phi) is 5.31. The Morgan fingerprint density at radius 1 is 0.885 bits per heavy atom. The van der Waals surface area contributed by atoms with Crippen LogP contribution in [0.1, 0.15) is 35.2 Å². The summed E-state index contributed by atoms with van der Waals surface area (Å²) < 4.78 is 0. The van der Waals surface area contributed by atoms with Crippen molar-refractivity contribution in [1.29, 1.82) is 0 Å². The lowest BCUT2D eigenvalue weighted by atomic mass is 10.1. The number of nitrogens with one attached hydrogen (secondary N) is 2. The Labute approximate surface area is 151 Å². The molecular weight excluding hydrogens is 332 g/mol. The summed E-state index contributed by atoms with van der Waals surface area (Å²) in [5.41, 5.74) is 2.52. The lowest BCUT2D eigenvalue weighted by Crippen LogP contribution is -2.14. The highest BCUT2D eigenvalue weighted by Crippen LogP contribution is 2.30. The molecule has 0 aromatic heterocycles. The van der Waals surface area contributed by atoms with E-state index in [1.807, 2.05) is 0 Å². The monoisotopic (exact) mass is 352 g/mol. The first-order valence-corrected chi connectivity index (χ1v) is 8.54. The molecule has 0 bridgehead atoms. The number of hydrogen-bond acceptors (Lipinski definition) is 3. The predicted octanol–water partition coefficient (Wildman–Crippen LogP) is 3.30. The first kappa shape index (κ1) is 17.7. The standard InChI is InChI=1S/C20H20N2O4/c23-18(12-3-13-1-4-15(5-2-13)20(25)26)21-16-8-10-17(11-9-16)22-19(24)14-6-7-14/h1-2,4-5,8-11,14H,3,6-7,12H2,(H,21,23)(H,22,24)(H,25,26). The highest BCUT2D eigenvalue weighted by molar-refractivity contribution is 5.95. The first-order valence-electron chi connectivity index (χ1n) is 8.54. The van der Waals surface area contributed by atoms with E-state index in [4.69, 9.17) is 5.11 Å². The molecule has 26 heavy (non-hydrogen) atoms. The molecule has 6 heteroatoms. The van der Waals surface area contributed by atoms with E-state index in [0.29, 0.717) is 18.5 Å². The maximum absolute atomic E-state index is 12.0. The van der Waals surface area contributed by atoms with Gasteiger partial charge in [0.1, 0.15) is 0 Å². The Morgan fingerprint density at radius 3 is 2.00 bits per heavy atom. The van der Waals surface area contributed by atoms with Crippen LogP contribution < -0.4 is 10.6 Å². The fourth-order valence-corrected chi connectivity index (χ4v) is 2.52. The lowest BCUT2D eigenvalue weighted by molar-refractivity contribution is -0.117. The summed E-state index contributed by atoms with van der Waals surface area (Å²) in [7, 11) is 0. The van der Waals surface area contributed by atoms with Crippen LogP contribution in [0.4, 0.5) is 11.4 Å². The van der Waals surface area contributed by atoms with Crippen molar-refractivity contribution in [2.24, 2.45) is 5.92 Å². The van der Waals surface area contributed by atoms with Crippen molar-refractivity contribution < 1.29 is 19.5 Å². The van der Waals surface area contributed by atoms with Crippen molar-refractivity contribution in [3.63, 3.8) is 0 Å². The second-order valence-electron chi connectivity index (χ2n) is 6.39. The Morgan fingerprint density at radius 2 is 1.46 bits per heavy atom. The molecule has 1 saturated carbocycles. The van der Waals surface area contributed by atoms with Crippen LogP contribution >= 0.6 is 0 Å². The molecule has 0 unspecified atom stereocenters. The van der Waals surface area contributed by atoms with Gasteiger partial charge in [0.2, 0.25) is 11.8 Å². The van der Waals surface area contributed by atoms with E-state index in [0.717, 1.165) is 24.1 Å². The quantitative estimate of drug-likeness (QED) is 0.712. The highest BCUT2D eigenvalue weighted by Gasteiger charge is 2.29. The van der Waals surface area contributed by atoms with Gasteiger partial charge in [-0.05, 0) is 61.2 Å². The molecule has 1 aliphatic carbocycles. The minimum Gasteiger partial charge on any atom is -0.478 e. The van der Waals surface area contributed by atoms with Crippen LogP contribution in [0.15, 0.2) is 48.5 Å². The number of hydrogen-bond donors (Lipinski definition) is 3. The zero-order chi connectivity index (χ0) is 18.5. The topological polar surface area (TPSA) is 95.5 Å². The number of rotatable bonds is 7. The zero-order valence-corrected chi connectivity index (χ0v) is 14.2. The summed E-state index contributed by atoms with van der Waals surface area (Å²) in [4.78, 5) is 34.6. The van der Waals surface area contributed by atoms with E-state index in [9.17, 15) is 14.4 Å². The molecule has 2 aromatic carbocycles. The fraction of sp³-hybridized carbons (Fsp3) is 0.250. The summed E-state index contributed by atoms with van der Waals surface area (Å²) in [5, 5.41) is 14.5. The van der Waals surface area contributed by atoms with Crippen LogP contribution in [0.5, 0.6) is 0 Å². The Balaban J connectivity index is 1.46. The second-order valence-corrected chi connectivity index (χ2v) is 6.39. The van der Waals surface area contributed by atoms with Crippen molar-refractivity contribution in [2.45, 2.75) is 25.7 Å². The number of benzene rings is 2. The van der Waals surface area contributed by atoms with Crippen LogP contribution in [0.25, 0.3) is 0 Å². The maximum Gasteiger partial charge on any atom is 0.335 e. The third-order valence-electron chi connectivity index (χ3n) is 4.23. The minimum absolute atomic E-state index is 0.0516. The third kappa shape index (κ3) is 4.92. The van der Waals surface area contributed by atoms with E-state index in [2.05, 4.69) is 10.6 Å². The number of amides is 2. The van der Waals surface area contributed by atoms with Crippen LogP contribution in [0.3, 0.4) is 0 Å². The largest absolute Gasteiger partial charge is 0.478 e. The summed E-state index contributed by atoms with van der Waals surface area (Å²) in [6.45, 7) is 0. The Bertz CT molecular complexity index is 809. The summed E-state index contributed by atoms with van der Waals surface area (Å²) in [5.74, 6) is -0.886. The van der Waals surface area contributed by atoms with Gasteiger partial charge in [-0.25, -0.2) is 4.79 Å². The lowest BCUT2D eigenvalue weighted by Gasteiger charge is -2.08. The number of carbonyl (C=O) groups is 3. The molecule has 2 amide bonds. The van der Waals surface area contributed by atoms with Crippen molar-refractivity contribution >= 4 is 29.2 Å². The predicted molar refractivity (Wildman–Crippen MR) is 98.1 cm³/mol.